The summed E-state index contributed by atoms with van der Waals surface area (Å²) >= 11 is 0. The zero-order chi connectivity index (χ0) is 13.0. The molecule has 0 aliphatic carbocycles. The van der Waals surface area contributed by atoms with E-state index < -0.39 is 43.3 Å². The first-order chi connectivity index (χ1) is 7.97. The van der Waals surface area contributed by atoms with E-state index in [1.54, 1.807) is 0 Å². The summed E-state index contributed by atoms with van der Waals surface area (Å²) in [6, 6.07) is 0. The lowest BCUT2D eigenvalue weighted by Crippen LogP contribution is -2.59. The van der Waals surface area contributed by atoms with Gasteiger partial charge in [-0.1, -0.05) is 0 Å². The van der Waals surface area contributed by atoms with E-state index in [0.29, 0.717) is 0 Å². The van der Waals surface area contributed by atoms with Crippen LogP contribution in [0.25, 0.3) is 0 Å². The van der Waals surface area contributed by atoms with Gasteiger partial charge in [0.15, 0.2) is 6.29 Å². The second-order valence-electron chi connectivity index (χ2n) is 3.71. The van der Waals surface area contributed by atoms with Crippen LogP contribution in [-0.4, -0.2) is 75.4 Å². The summed E-state index contributed by atoms with van der Waals surface area (Å²) in [5.41, 5.74) is 0. The SMILES string of the molecule is O=C(O)CCOC1O[C@H](CO)[C@H](O)[C@H](O)[C@H]1O. The van der Waals surface area contributed by atoms with Gasteiger partial charge in [-0.2, -0.15) is 0 Å². The fraction of sp³-hybridized carbons (Fsp3) is 0.889. The third-order valence-corrected chi connectivity index (χ3v) is 2.45. The molecule has 0 saturated carbocycles. The van der Waals surface area contributed by atoms with Crippen molar-refractivity contribution in [3.8, 4) is 0 Å². The summed E-state index contributed by atoms with van der Waals surface area (Å²) in [5, 5.41) is 45.6. The van der Waals surface area contributed by atoms with Crippen LogP contribution in [0.5, 0.6) is 0 Å². The Morgan fingerprint density at radius 2 is 1.82 bits per heavy atom. The Morgan fingerprint density at radius 1 is 1.18 bits per heavy atom. The lowest BCUT2D eigenvalue weighted by Gasteiger charge is -2.39. The fourth-order valence-electron chi connectivity index (χ4n) is 1.47. The van der Waals surface area contributed by atoms with Gasteiger partial charge >= 0.3 is 5.97 Å². The summed E-state index contributed by atoms with van der Waals surface area (Å²) in [6.07, 6.45) is -7.07. The molecular formula is C9H16O8. The highest BCUT2D eigenvalue weighted by molar-refractivity contribution is 5.66. The van der Waals surface area contributed by atoms with Crippen LogP contribution in [0.3, 0.4) is 0 Å². The normalized spacial score (nSPS) is 38.0. The van der Waals surface area contributed by atoms with Crippen LogP contribution < -0.4 is 0 Å². The number of hydrogen-bond acceptors (Lipinski definition) is 7. The van der Waals surface area contributed by atoms with Gasteiger partial charge in [-0.05, 0) is 0 Å². The molecule has 8 nitrogen and oxygen atoms in total. The Balaban J connectivity index is 2.50. The molecule has 0 bridgehead atoms. The molecule has 0 amide bonds. The molecule has 1 aliphatic heterocycles. The van der Waals surface area contributed by atoms with Crippen molar-refractivity contribution in [1.82, 2.24) is 0 Å². The first kappa shape index (κ1) is 14.3. The number of carboxylic acids is 1. The number of rotatable bonds is 5. The maximum Gasteiger partial charge on any atom is 0.305 e. The molecule has 8 heteroatoms. The fourth-order valence-corrected chi connectivity index (χ4v) is 1.47. The van der Waals surface area contributed by atoms with Gasteiger partial charge in [0, 0.05) is 0 Å². The molecule has 1 unspecified atom stereocenters. The average molecular weight is 252 g/mol. The molecule has 0 aromatic rings. The second kappa shape index (κ2) is 6.24. The minimum Gasteiger partial charge on any atom is -0.481 e. The van der Waals surface area contributed by atoms with Crippen LogP contribution in [0.15, 0.2) is 0 Å². The number of carboxylic acid groups (broad SMARTS) is 1. The number of hydrogen-bond donors (Lipinski definition) is 5. The summed E-state index contributed by atoms with van der Waals surface area (Å²) in [6.45, 7) is -0.762. The van der Waals surface area contributed by atoms with Crippen molar-refractivity contribution < 1.29 is 39.8 Å². The number of carbonyl (C=O) groups is 1. The lowest BCUT2D eigenvalue weighted by atomic mass is 9.99. The van der Waals surface area contributed by atoms with Gasteiger partial charge in [-0.3, -0.25) is 4.79 Å². The third-order valence-electron chi connectivity index (χ3n) is 2.45. The maximum atomic E-state index is 10.2. The molecule has 1 saturated heterocycles. The summed E-state index contributed by atoms with van der Waals surface area (Å²) in [7, 11) is 0. The predicted octanol–water partition coefficient (Wildman–Crippen LogP) is -2.72. The number of aliphatic hydroxyl groups excluding tert-OH is 4. The summed E-state index contributed by atoms with van der Waals surface area (Å²) in [5.74, 6) is -1.07. The second-order valence-corrected chi connectivity index (χ2v) is 3.71. The predicted molar refractivity (Wildman–Crippen MR) is 52.0 cm³/mol. The van der Waals surface area contributed by atoms with Crippen LogP contribution >= 0.6 is 0 Å². The molecule has 1 rings (SSSR count). The van der Waals surface area contributed by atoms with Crippen LogP contribution in [0, 0.1) is 0 Å². The van der Waals surface area contributed by atoms with Crippen LogP contribution in [0.4, 0.5) is 0 Å². The molecule has 1 heterocycles. The molecule has 0 aromatic carbocycles. The van der Waals surface area contributed by atoms with Crippen molar-refractivity contribution in [3.05, 3.63) is 0 Å². The maximum absolute atomic E-state index is 10.2. The largest absolute Gasteiger partial charge is 0.481 e. The monoisotopic (exact) mass is 252 g/mol. The molecule has 1 aliphatic rings. The quantitative estimate of drug-likeness (QED) is 0.356. The Labute approximate surface area is 97.0 Å². The molecule has 1 fully saturated rings. The lowest BCUT2D eigenvalue weighted by molar-refractivity contribution is -0.300. The molecule has 0 aromatic heterocycles. The highest BCUT2D eigenvalue weighted by Crippen LogP contribution is 2.21. The first-order valence-electron chi connectivity index (χ1n) is 5.11. The van der Waals surface area contributed by atoms with Gasteiger partial charge in [0.1, 0.15) is 24.4 Å². The van der Waals surface area contributed by atoms with E-state index in [1.807, 2.05) is 0 Å². The third kappa shape index (κ3) is 3.60. The van der Waals surface area contributed by atoms with Crippen molar-refractivity contribution in [2.45, 2.75) is 37.1 Å². The molecule has 5 atom stereocenters. The van der Waals surface area contributed by atoms with E-state index in [2.05, 4.69) is 0 Å². The van der Waals surface area contributed by atoms with E-state index in [9.17, 15) is 20.1 Å². The van der Waals surface area contributed by atoms with E-state index in [0.717, 1.165) is 0 Å². The van der Waals surface area contributed by atoms with Gasteiger partial charge in [0.2, 0.25) is 0 Å². The standard InChI is InChI=1S/C9H16O8/c10-3-4-6(13)7(14)8(15)9(17-4)16-2-1-5(11)12/h4,6-10,13-15H,1-3H2,(H,11,12)/t4-,6+,7+,8-,9?/m1/s1. The Morgan fingerprint density at radius 3 is 2.35 bits per heavy atom. The van der Waals surface area contributed by atoms with Gasteiger partial charge < -0.3 is 35.0 Å². The smallest absolute Gasteiger partial charge is 0.305 e. The van der Waals surface area contributed by atoms with Crippen molar-refractivity contribution in [2.24, 2.45) is 0 Å². The summed E-state index contributed by atoms with van der Waals surface area (Å²) in [4.78, 5) is 10.2. The minimum atomic E-state index is -1.52. The van der Waals surface area contributed by atoms with Crippen molar-refractivity contribution in [2.75, 3.05) is 13.2 Å². The molecule has 0 radical (unpaired) electrons. The molecule has 5 N–H and O–H groups in total. The van der Waals surface area contributed by atoms with E-state index in [4.69, 9.17) is 19.7 Å². The molecular weight excluding hydrogens is 236 g/mol. The van der Waals surface area contributed by atoms with Crippen LogP contribution in [0.2, 0.25) is 0 Å². The van der Waals surface area contributed by atoms with Gasteiger partial charge in [0.05, 0.1) is 19.6 Å². The van der Waals surface area contributed by atoms with Crippen molar-refractivity contribution in [1.29, 1.82) is 0 Å². The highest BCUT2D eigenvalue weighted by Gasteiger charge is 2.43. The minimum absolute atomic E-state index is 0.210. The van der Waals surface area contributed by atoms with Crippen molar-refractivity contribution >= 4 is 5.97 Å². The average Bonchev–Trinajstić information content (AvgIpc) is 2.29. The van der Waals surface area contributed by atoms with Crippen LogP contribution in [0.1, 0.15) is 6.42 Å². The number of aliphatic hydroxyl groups is 4. The Kier molecular flexibility index (Phi) is 5.25. The topological polar surface area (TPSA) is 137 Å². The van der Waals surface area contributed by atoms with Gasteiger partial charge in [-0.15, -0.1) is 0 Å². The molecule has 0 spiro atoms. The summed E-state index contributed by atoms with van der Waals surface area (Å²) < 4.78 is 9.91. The van der Waals surface area contributed by atoms with E-state index in [-0.39, 0.29) is 13.0 Å². The Hall–Kier alpha value is -0.770. The highest BCUT2D eigenvalue weighted by atomic mass is 16.7. The zero-order valence-electron chi connectivity index (χ0n) is 8.97. The number of aliphatic carboxylic acids is 1. The molecule has 100 valence electrons. The zero-order valence-corrected chi connectivity index (χ0v) is 8.97. The van der Waals surface area contributed by atoms with Gasteiger partial charge in [0.25, 0.3) is 0 Å². The van der Waals surface area contributed by atoms with E-state index in [1.165, 1.54) is 0 Å². The first-order valence-corrected chi connectivity index (χ1v) is 5.11. The van der Waals surface area contributed by atoms with Crippen molar-refractivity contribution in [3.63, 3.8) is 0 Å². The van der Waals surface area contributed by atoms with Crippen LogP contribution in [-0.2, 0) is 14.3 Å². The molecule has 17 heavy (non-hydrogen) atoms. The van der Waals surface area contributed by atoms with E-state index >= 15 is 0 Å². The number of ether oxygens (including phenoxy) is 2. The Bertz CT molecular complexity index is 255. The van der Waals surface area contributed by atoms with Gasteiger partial charge in [-0.25, -0.2) is 0 Å².